The summed E-state index contributed by atoms with van der Waals surface area (Å²) < 4.78 is 19.6. The number of allylic oxidation sites excluding steroid dienone is 1. The minimum atomic E-state index is -1.25. The van der Waals surface area contributed by atoms with Crippen molar-refractivity contribution in [3.05, 3.63) is 86.4 Å². The van der Waals surface area contributed by atoms with Crippen LogP contribution in [-0.4, -0.2) is 94.1 Å². The number of carbonyl (C=O) groups excluding carboxylic acids is 2. The van der Waals surface area contributed by atoms with Gasteiger partial charge in [-0.15, -0.1) is 0 Å². The van der Waals surface area contributed by atoms with Gasteiger partial charge in [-0.25, -0.2) is 14.6 Å². The van der Waals surface area contributed by atoms with E-state index in [9.17, 15) is 24.6 Å². The van der Waals surface area contributed by atoms with Gasteiger partial charge < -0.3 is 40.1 Å². The molecule has 54 heavy (non-hydrogen) atoms. The van der Waals surface area contributed by atoms with Crippen molar-refractivity contribution in [3.8, 4) is 5.75 Å². The SMILES string of the molecule is C/C=C(\CCO)C(=O)O[C@]1(C)CC=C2CSSC[C@H]3[C@H](CNC)CN3C(=O)Cc3cnc(N)cc3[C@@H]2[C@]12Cc1cc3cc(CCCO)c(=O)oc3cc1O2. The number of nitrogens with one attached hydrogen (secondary N) is 1. The van der Waals surface area contributed by atoms with Crippen LogP contribution >= 0.6 is 21.6 Å². The molecule has 4 aliphatic rings. The molecule has 5 atom stereocenters. The molecule has 7 rings (SSSR count). The molecule has 14 heteroatoms. The summed E-state index contributed by atoms with van der Waals surface area (Å²) in [5, 5.41) is 23.1. The number of nitrogens with zero attached hydrogens (tertiary/aromatic N) is 2. The molecule has 1 aliphatic carbocycles. The van der Waals surface area contributed by atoms with E-state index in [4.69, 9.17) is 19.6 Å². The van der Waals surface area contributed by atoms with Gasteiger partial charge in [-0.05, 0) is 68.6 Å². The number of ether oxygens (including phenoxy) is 2. The van der Waals surface area contributed by atoms with Crippen molar-refractivity contribution in [3.63, 3.8) is 0 Å². The van der Waals surface area contributed by atoms with Crippen LogP contribution in [0.15, 0.2) is 63.0 Å². The van der Waals surface area contributed by atoms with Crippen LogP contribution in [0.4, 0.5) is 5.82 Å². The third-order valence-corrected chi connectivity index (χ3v) is 13.9. The fourth-order valence-electron chi connectivity index (χ4n) is 8.61. The second-order valence-electron chi connectivity index (χ2n) is 14.8. The van der Waals surface area contributed by atoms with Crippen molar-refractivity contribution >= 4 is 50.3 Å². The van der Waals surface area contributed by atoms with Crippen LogP contribution in [0, 0.1) is 5.92 Å². The zero-order chi connectivity index (χ0) is 38.2. The largest absolute Gasteiger partial charge is 0.481 e. The fourth-order valence-corrected chi connectivity index (χ4v) is 11.2. The Bertz CT molecular complexity index is 2070. The van der Waals surface area contributed by atoms with E-state index in [0.717, 1.165) is 39.9 Å². The van der Waals surface area contributed by atoms with Crippen LogP contribution in [0.25, 0.3) is 11.0 Å². The van der Waals surface area contributed by atoms with Gasteiger partial charge in [0.05, 0.1) is 12.3 Å². The summed E-state index contributed by atoms with van der Waals surface area (Å²) in [5.41, 5.74) is 8.12. The normalized spacial score (nSPS) is 26.7. The zero-order valence-electron chi connectivity index (χ0n) is 30.9. The summed E-state index contributed by atoms with van der Waals surface area (Å²) in [6, 6.07) is 7.46. The van der Waals surface area contributed by atoms with Gasteiger partial charge in [-0.3, -0.25) is 4.79 Å². The van der Waals surface area contributed by atoms with Gasteiger partial charge in [0, 0.05) is 97.8 Å². The Morgan fingerprint density at radius 3 is 2.78 bits per heavy atom. The summed E-state index contributed by atoms with van der Waals surface area (Å²) >= 11 is 0. The van der Waals surface area contributed by atoms with Gasteiger partial charge in [-0.1, -0.05) is 39.3 Å². The monoisotopic (exact) mass is 776 g/mol. The third-order valence-electron chi connectivity index (χ3n) is 11.5. The van der Waals surface area contributed by atoms with E-state index in [-0.39, 0.29) is 38.0 Å². The predicted octanol–water partition coefficient (Wildman–Crippen LogP) is 4.10. The van der Waals surface area contributed by atoms with Crippen molar-refractivity contribution in [2.45, 2.75) is 75.5 Å². The summed E-state index contributed by atoms with van der Waals surface area (Å²) in [6.07, 6.45) is 7.24. The third kappa shape index (κ3) is 6.95. The summed E-state index contributed by atoms with van der Waals surface area (Å²) in [4.78, 5) is 47.4. The molecule has 2 aromatic heterocycles. The lowest BCUT2D eigenvalue weighted by Gasteiger charge is -2.53. The number of anilines is 1. The van der Waals surface area contributed by atoms with E-state index in [0.29, 0.717) is 72.2 Å². The Balaban J connectivity index is 1.38. The molecule has 0 radical (unpaired) electrons. The van der Waals surface area contributed by atoms with Gasteiger partial charge in [0.1, 0.15) is 17.2 Å². The predicted molar refractivity (Wildman–Crippen MR) is 211 cm³/mol. The number of hydrogen-bond donors (Lipinski definition) is 4. The number of hydrogen-bond acceptors (Lipinski definition) is 13. The Labute approximate surface area is 322 Å². The molecule has 1 aromatic carbocycles. The van der Waals surface area contributed by atoms with Gasteiger partial charge in [-0.2, -0.15) is 0 Å². The van der Waals surface area contributed by atoms with E-state index >= 15 is 0 Å². The number of aromatic nitrogens is 1. The Morgan fingerprint density at radius 1 is 1.19 bits per heavy atom. The summed E-state index contributed by atoms with van der Waals surface area (Å²) in [6.45, 7) is 4.91. The topological polar surface area (TPSA) is 177 Å². The molecule has 3 aromatic rings. The first-order valence-electron chi connectivity index (χ1n) is 18.5. The quantitative estimate of drug-likeness (QED) is 0.0804. The van der Waals surface area contributed by atoms with Crippen LogP contribution in [-0.2, 0) is 33.6 Å². The molecule has 5 N–H and O–H groups in total. The van der Waals surface area contributed by atoms with Crippen molar-refractivity contribution < 1.29 is 33.7 Å². The molecule has 1 fully saturated rings. The van der Waals surface area contributed by atoms with Crippen molar-refractivity contribution in [1.29, 1.82) is 0 Å². The summed E-state index contributed by atoms with van der Waals surface area (Å²) in [5.74, 6) is 1.57. The van der Waals surface area contributed by atoms with E-state index in [1.807, 2.05) is 37.1 Å². The molecule has 3 aliphatic heterocycles. The van der Waals surface area contributed by atoms with Gasteiger partial charge in [0.25, 0.3) is 0 Å². The standard InChI is InChI=1S/C40H48N4O8S2/c1-4-23(8-11-46)38(49)52-39(2)9-7-25-21-53-54-22-31-29(18-42-3)20-44(31)35(47)14-28-19-43-34(41)15-30(28)36(25)40(39)17-27-13-26-12-24(6-5-10-45)37(48)50-32(26)16-33(27)51-40/h4,7,12-13,15-16,19,29,31,36,42,45-46H,5-6,8-11,14,17-18,20-22H2,1-3H3,(H2,41,43)/b23-4+/t29-,31+,36-,39-,40-/m1/s1. The van der Waals surface area contributed by atoms with E-state index < -0.39 is 28.7 Å². The van der Waals surface area contributed by atoms with Crippen LogP contribution in [0.2, 0.25) is 0 Å². The Kier molecular flexibility index (Phi) is 11.2. The highest BCUT2D eigenvalue weighted by molar-refractivity contribution is 8.76. The highest BCUT2D eigenvalue weighted by Gasteiger charge is 2.64. The fraction of sp³-hybridized carbons (Fsp3) is 0.500. The number of esters is 1. The van der Waals surface area contributed by atoms with Crippen molar-refractivity contribution in [2.24, 2.45) is 5.92 Å². The molecule has 12 nitrogen and oxygen atoms in total. The Morgan fingerprint density at radius 2 is 2.02 bits per heavy atom. The maximum Gasteiger partial charge on any atom is 0.339 e. The second-order valence-corrected chi connectivity index (χ2v) is 17.3. The molecule has 288 valence electrons. The minimum absolute atomic E-state index is 0.0200. The molecule has 0 unspecified atom stereocenters. The average molecular weight is 777 g/mol. The van der Waals surface area contributed by atoms with Crippen molar-refractivity contribution in [2.75, 3.05) is 50.6 Å². The maximum atomic E-state index is 14.1. The van der Waals surface area contributed by atoms with E-state index in [1.165, 1.54) is 0 Å². The van der Waals surface area contributed by atoms with E-state index in [1.54, 1.807) is 46.9 Å². The minimum Gasteiger partial charge on any atom is -0.481 e. The Hall–Kier alpha value is -3.82. The lowest BCUT2D eigenvalue weighted by atomic mass is 9.61. The number of rotatable bonds is 9. The number of aryl methyl sites for hydroxylation is 1. The molecule has 1 saturated heterocycles. The first-order chi connectivity index (χ1) is 26.0. The number of amides is 1. The first-order valence-corrected chi connectivity index (χ1v) is 21.0. The maximum absolute atomic E-state index is 14.1. The van der Waals surface area contributed by atoms with Gasteiger partial charge >= 0.3 is 11.6 Å². The average Bonchev–Trinajstić information content (AvgIpc) is 3.51. The number of nitrogens with two attached hydrogens (primary N) is 1. The molecule has 1 amide bonds. The van der Waals surface area contributed by atoms with E-state index in [2.05, 4.69) is 16.4 Å². The molecule has 0 saturated carbocycles. The molecular formula is C40H48N4O8S2. The van der Waals surface area contributed by atoms with Gasteiger partial charge in [0.15, 0.2) is 11.2 Å². The molecular weight excluding hydrogens is 729 g/mol. The van der Waals surface area contributed by atoms with Crippen molar-refractivity contribution in [1.82, 2.24) is 15.2 Å². The number of aliphatic hydroxyl groups excluding tert-OH is 2. The first kappa shape index (κ1) is 38.5. The number of fused-ring (bicyclic) bond motifs is 7. The molecule has 5 heterocycles. The van der Waals surface area contributed by atoms with Crippen LogP contribution in [0.1, 0.15) is 61.3 Å². The number of pyridine rings is 1. The zero-order valence-corrected chi connectivity index (χ0v) is 32.5. The second kappa shape index (κ2) is 15.7. The lowest BCUT2D eigenvalue weighted by molar-refractivity contribution is -0.183. The summed E-state index contributed by atoms with van der Waals surface area (Å²) in [7, 11) is 5.43. The van der Waals surface area contributed by atoms with Crippen LogP contribution < -0.4 is 21.4 Å². The molecule has 1 spiro atoms. The number of carbonyl (C=O) groups is 2. The number of nitrogen functional groups attached to an aromatic ring is 1. The highest BCUT2D eigenvalue weighted by atomic mass is 33.1. The number of aliphatic hydroxyl groups is 2. The molecule has 0 bridgehead atoms. The highest BCUT2D eigenvalue weighted by Crippen LogP contribution is 2.58. The van der Waals surface area contributed by atoms with Gasteiger partial charge in [0.2, 0.25) is 5.91 Å². The smallest absolute Gasteiger partial charge is 0.339 e. The van der Waals surface area contributed by atoms with Crippen LogP contribution in [0.3, 0.4) is 0 Å². The number of benzene rings is 1. The lowest BCUT2D eigenvalue weighted by Crippen LogP contribution is -2.64. The van der Waals surface area contributed by atoms with Crippen LogP contribution in [0.5, 0.6) is 5.75 Å².